The van der Waals surface area contributed by atoms with E-state index >= 15 is 0 Å². The molecule has 2 aromatic carbocycles. The molecule has 0 saturated heterocycles. The molecule has 1 atom stereocenters. The molecule has 0 amide bonds. The van der Waals surface area contributed by atoms with Crippen LogP contribution in [0.15, 0.2) is 48.5 Å². The maximum absolute atomic E-state index is 5.49. The van der Waals surface area contributed by atoms with Crippen LogP contribution in [0.25, 0.3) is 11.3 Å². The van der Waals surface area contributed by atoms with E-state index < -0.39 is 0 Å². The van der Waals surface area contributed by atoms with Crippen LogP contribution in [0, 0.1) is 0 Å². The summed E-state index contributed by atoms with van der Waals surface area (Å²) in [5.41, 5.74) is 2.76. The highest BCUT2D eigenvalue weighted by atomic mass is 32.2. The molecule has 2 heterocycles. The minimum Gasteiger partial charge on any atom is -0.497 e. The molecule has 0 saturated carbocycles. The third kappa shape index (κ3) is 3.68. The fraction of sp³-hybridized carbons (Fsp3) is 0.250. The summed E-state index contributed by atoms with van der Waals surface area (Å²) in [5.74, 6) is 3.28. The van der Waals surface area contributed by atoms with E-state index in [1.165, 1.54) is 0 Å². The number of benzene rings is 2. The van der Waals surface area contributed by atoms with E-state index in [1.807, 2.05) is 59.5 Å². The Morgan fingerprint density at radius 1 is 1.07 bits per heavy atom. The molecule has 28 heavy (non-hydrogen) atoms. The van der Waals surface area contributed by atoms with E-state index in [-0.39, 0.29) is 5.50 Å². The van der Waals surface area contributed by atoms with Crippen LogP contribution in [0.4, 0.5) is 11.5 Å². The molecule has 3 aromatic rings. The van der Waals surface area contributed by atoms with Gasteiger partial charge in [0.15, 0.2) is 5.50 Å². The minimum atomic E-state index is -0.00717. The van der Waals surface area contributed by atoms with E-state index in [2.05, 4.69) is 10.6 Å². The van der Waals surface area contributed by atoms with Crippen LogP contribution in [0.1, 0.15) is 6.92 Å². The predicted molar refractivity (Wildman–Crippen MR) is 112 cm³/mol. The molecular weight excluding hydrogens is 376 g/mol. The predicted octanol–water partition coefficient (Wildman–Crippen LogP) is 4.28. The smallest absolute Gasteiger partial charge is 0.168 e. The number of ether oxygens (including phenoxy) is 3. The number of hydrogen-bond donors (Lipinski definition) is 2. The molecule has 0 spiro atoms. The monoisotopic (exact) mass is 398 g/mol. The number of aromatic nitrogens is 2. The number of methoxy groups -OCH3 is 2. The second-order valence-corrected chi connectivity index (χ2v) is 7.11. The highest BCUT2D eigenvalue weighted by Gasteiger charge is 2.25. The lowest BCUT2D eigenvalue weighted by Crippen LogP contribution is -2.21. The SMILES string of the molecule is CCOc1ccc(N[C@@H]2Nc3cc(-c4ccc(OC)cc4OC)nn3S2)cc1. The summed E-state index contributed by atoms with van der Waals surface area (Å²) in [4.78, 5) is 0. The molecule has 0 aliphatic carbocycles. The average Bonchev–Trinajstić information content (AvgIpc) is 3.27. The molecule has 0 fully saturated rings. The van der Waals surface area contributed by atoms with Crippen molar-refractivity contribution in [2.45, 2.75) is 12.4 Å². The van der Waals surface area contributed by atoms with Gasteiger partial charge in [0.05, 0.1) is 26.5 Å². The minimum absolute atomic E-state index is 0.00717. The maximum Gasteiger partial charge on any atom is 0.168 e. The summed E-state index contributed by atoms with van der Waals surface area (Å²) in [5, 5.41) is 11.6. The van der Waals surface area contributed by atoms with Crippen LogP contribution in [0.5, 0.6) is 17.2 Å². The van der Waals surface area contributed by atoms with Crippen molar-refractivity contribution in [3.63, 3.8) is 0 Å². The maximum atomic E-state index is 5.49. The van der Waals surface area contributed by atoms with E-state index in [1.54, 1.807) is 26.2 Å². The van der Waals surface area contributed by atoms with Crippen molar-refractivity contribution < 1.29 is 14.2 Å². The van der Waals surface area contributed by atoms with Crippen molar-refractivity contribution >= 4 is 23.5 Å². The number of anilines is 2. The van der Waals surface area contributed by atoms with Gasteiger partial charge in [0.2, 0.25) is 0 Å². The van der Waals surface area contributed by atoms with Crippen molar-refractivity contribution in [3.05, 3.63) is 48.5 Å². The molecule has 0 unspecified atom stereocenters. The van der Waals surface area contributed by atoms with Gasteiger partial charge < -0.3 is 24.8 Å². The Labute approximate surface area is 168 Å². The van der Waals surface area contributed by atoms with Gasteiger partial charge in [0, 0.05) is 35.3 Å². The molecule has 7 nitrogen and oxygen atoms in total. The summed E-state index contributed by atoms with van der Waals surface area (Å²) >= 11 is 1.57. The van der Waals surface area contributed by atoms with Gasteiger partial charge in [0.1, 0.15) is 23.1 Å². The Morgan fingerprint density at radius 2 is 1.86 bits per heavy atom. The molecule has 1 aliphatic rings. The lowest BCUT2D eigenvalue weighted by molar-refractivity contribution is 0.340. The third-order valence-corrected chi connectivity index (χ3v) is 5.23. The molecule has 0 bridgehead atoms. The molecule has 2 N–H and O–H groups in total. The molecular formula is C20H22N4O3S. The summed E-state index contributed by atoms with van der Waals surface area (Å²) < 4.78 is 18.1. The Hall–Kier alpha value is -3.00. The van der Waals surface area contributed by atoms with Crippen LogP contribution in [0.2, 0.25) is 0 Å². The van der Waals surface area contributed by atoms with Gasteiger partial charge in [-0.1, -0.05) is 0 Å². The first kappa shape index (κ1) is 18.4. The number of nitrogens with one attached hydrogen (secondary N) is 2. The van der Waals surface area contributed by atoms with Crippen LogP contribution in [-0.2, 0) is 0 Å². The third-order valence-electron chi connectivity index (χ3n) is 4.31. The van der Waals surface area contributed by atoms with E-state index in [0.717, 1.165) is 40.0 Å². The van der Waals surface area contributed by atoms with Crippen LogP contribution >= 0.6 is 11.9 Å². The van der Waals surface area contributed by atoms with Crippen LogP contribution in [0.3, 0.4) is 0 Å². The Bertz CT molecular complexity index is 935. The number of fused-ring (bicyclic) bond motifs is 1. The Balaban J connectivity index is 1.45. The zero-order chi connectivity index (χ0) is 19.5. The molecule has 8 heteroatoms. The van der Waals surface area contributed by atoms with Crippen molar-refractivity contribution in [1.82, 2.24) is 9.19 Å². The van der Waals surface area contributed by atoms with Crippen LogP contribution in [-0.4, -0.2) is 35.5 Å². The highest BCUT2D eigenvalue weighted by Crippen LogP contribution is 2.38. The van der Waals surface area contributed by atoms with Gasteiger partial charge in [-0.15, -0.1) is 0 Å². The first-order chi connectivity index (χ1) is 13.7. The second kappa shape index (κ2) is 7.93. The first-order valence-electron chi connectivity index (χ1n) is 8.95. The molecule has 1 aliphatic heterocycles. The Morgan fingerprint density at radius 3 is 2.54 bits per heavy atom. The molecule has 0 radical (unpaired) electrons. The summed E-state index contributed by atoms with van der Waals surface area (Å²) in [6.07, 6.45) is 0. The van der Waals surface area contributed by atoms with Gasteiger partial charge >= 0.3 is 0 Å². The topological polar surface area (TPSA) is 69.6 Å². The fourth-order valence-corrected chi connectivity index (χ4v) is 3.89. The zero-order valence-corrected chi connectivity index (χ0v) is 16.7. The number of rotatable bonds is 7. The van der Waals surface area contributed by atoms with Crippen molar-refractivity contribution in [2.75, 3.05) is 31.5 Å². The quantitative estimate of drug-likeness (QED) is 0.615. The van der Waals surface area contributed by atoms with Crippen LogP contribution < -0.4 is 24.8 Å². The van der Waals surface area contributed by atoms with Crippen molar-refractivity contribution in [1.29, 1.82) is 0 Å². The summed E-state index contributed by atoms with van der Waals surface area (Å²) in [6.45, 7) is 2.64. The number of nitrogens with zero attached hydrogens (tertiary/aromatic N) is 2. The summed E-state index contributed by atoms with van der Waals surface area (Å²) in [6, 6.07) is 15.6. The molecule has 4 rings (SSSR count). The van der Waals surface area contributed by atoms with Gasteiger partial charge in [-0.3, -0.25) is 0 Å². The lowest BCUT2D eigenvalue weighted by Gasteiger charge is -2.14. The Kier molecular flexibility index (Phi) is 5.21. The molecule has 146 valence electrons. The van der Waals surface area contributed by atoms with Gasteiger partial charge in [0.25, 0.3) is 0 Å². The van der Waals surface area contributed by atoms with Gasteiger partial charge in [-0.25, -0.2) is 0 Å². The van der Waals surface area contributed by atoms with E-state index in [9.17, 15) is 0 Å². The zero-order valence-electron chi connectivity index (χ0n) is 15.9. The first-order valence-corrected chi connectivity index (χ1v) is 9.79. The van der Waals surface area contributed by atoms with Gasteiger partial charge in [-0.05, 0) is 43.3 Å². The molecule has 1 aromatic heterocycles. The normalized spacial score (nSPS) is 14.9. The summed E-state index contributed by atoms with van der Waals surface area (Å²) in [7, 11) is 3.28. The number of hydrogen-bond acceptors (Lipinski definition) is 7. The largest absolute Gasteiger partial charge is 0.497 e. The second-order valence-electron chi connectivity index (χ2n) is 6.09. The van der Waals surface area contributed by atoms with Crippen molar-refractivity contribution in [2.24, 2.45) is 0 Å². The fourth-order valence-electron chi connectivity index (χ4n) is 2.97. The highest BCUT2D eigenvalue weighted by molar-refractivity contribution is 7.98. The van der Waals surface area contributed by atoms with Crippen molar-refractivity contribution in [3.8, 4) is 28.5 Å². The van der Waals surface area contributed by atoms with E-state index in [4.69, 9.17) is 19.3 Å². The van der Waals surface area contributed by atoms with Gasteiger partial charge in [-0.2, -0.15) is 9.19 Å². The lowest BCUT2D eigenvalue weighted by atomic mass is 10.1. The average molecular weight is 398 g/mol. The standard InChI is InChI=1S/C20H22N4O3S/c1-4-27-14-7-5-13(6-8-14)21-20-22-19-12-17(23-24(19)28-20)16-10-9-15(25-2)11-18(16)26-3/h5-12,20-22H,4H2,1-3H3/t20-/m1/s1. The van der Waals surface area contributed by atoms with E-state index in [0.29, 0.717) is 6.61 Å².